The first-order valence-electron chi connectivity index (χ1n) is 4.70. The molecule has 0 saturated carbocycles. The topological polar surface area (TPSA) is 64.3 Å². The Morgan fingerprint density at radius 2 is 2.15 bits per heavy atom. The maximum absolute atomic E-state index is 11.3. The molecule has 78 valence electrons. The van der Waals surface area contributed by atoms with Crippen molar-refractivity contribution in [2.75, 3.05) is 19.8 Å². The second-order valence-corrected chi connectivity index (χ2v) is 3.14. The molecule has 1 amide bonds. The van der Waals surface area contributed by atoms with E-state index in [1.807, 2.05) is 20.8 Å². The fourth-order valence-electron chi connectivity index (χ4n) is 0.790. The van der Waals surface area contributed by atoms with Crippen molar-refractivity contribution in [3.8, 4) is 0 Å². The highest BCUT2D eigenvalue weighted by Crippen LogP contribution is 1.98. The van der Waals surface area contributed by atoms with E-state index in [2.05, 4.69) is 5.32 Å². The Morgan fingerprint density at radius 1 is 1.54 bits per heavy atom. The Bertz CT molecular complexity index is 149. The number of hydrogen-bond acceptors (Lipinski definition) is 3. The number of nitrogens with one attached hydrogen (secondary N) is 1. The minimum atomic E-state index is -0.137. The lowest BCUT2D eigenvalue weighted by molar-refractivity contribution is -0.125. The Kier molecular flexibility index (Phi) is 6.54. The summed E-state index contributed by atoms with van der Waals surface area (Å²) in [5, 5.41) is 2.75. The Hall–Kier alpha value is -0.610. The number of nitrogens with two attached hydrogens (primary N) is 1. The molecular weight excluding hydrogens is 168 g/mol. The summed E-state index contributed by atoms with van der Waals surface area (Å²) >= 11 is 0. The minimum Gasteiger partial charge on any atom is -0.380 e. The summed E-state index contributed by atoms with van der Waals surface area (Å²) in [6.07, 6.45) is 0. The first-order valence-corrected chi connectivity index (χ1v) is 4.70. The molecule has 0 fully saturated rings. The predicted molar refractivity (Wildman–Crippen MR) is 52.3 cm³/mol. The number of hydrogen-bond donors (Lipinski definition) is 2. The summed E-state index contributed by atoms with van der Waals surface area (Å²) in [5.74, 6) is -0.142. The summed E-state index contributed by atoms with van der Waals surface area (Å²) in [6.45, 7) is 7.37. The largest absolute Gasteiger partial charge is 0.380 e. The molecule has 2 unspecified atom stereocenters. The van der Waals surface area contributed by atoms with Crippen molar-refractivity contribution in [3.63, 3.8) is 0 Å². The van der Waals surface area contributed by atoms with Gasteiger partial charge >= 0.3 is 0 Å². The molecule has 0 spiro atoms. The lowest BCUT2D eigenvalue weighted by Gasteiger charge is -2.14. The molecular formula is C9H20N2O2. The number of carbonyl (C=O) groups excluding carboxylic acids is 1. The van der Waals surface area contributed by atoms with Crippen LogP contribution in [0.25, 0.3) is 0 Å². The Morgan fingerprint density at radius 3 is 2.62 bits per heavy atom. The Balaban J connectivity index is 3.50. The zero-order chi connectivity index (χ0) is 10.3. The van der Waals surface area contributed by atoms with E-state index in [1.165, 1.54) is 0 Å². The highest BCUT2D eigenvalue weighted by atomic mass is 16.5. The van der Waals surface area contributed by atoms with Crippen LogP contribution in [0.2, 0.25) is 0 Å². The molecule has 0 aromatic carbocycles. The summed E-state index contributed by atoms with van der Waals surface area (Å²) < 4.78 is 5.08. The summed E-state index contributed by atoms with van der Waals surface area (Å²) in [4.78, 5) is 11.3. The van der Waals surface area contributed by atoms with Gasteiger partial charge in [0.1, 0.15) is 0 Å². The van der Waals surface area contributed by atoms with Crippen LogP contribution in [0.15, 0.2) is 0 Å². The van der Waals surface area contributed by atoms with Gasteiger partial charge in [0.2, 0.25) is 5.91 Å². The fourth-order valence-corrected chi connectivity index (χ4v) is 0.790. The van der Waals surface area contributed by atoms with Gasteiger partial charge in [-0.1, -0.05) is 6.92 Å². The monoisotopic (exact) mass is 188 g/mol. The van der Waals surface area contributed by atoms with E-state index in [1.54, 1.807) is 0 Å². The van der Waals surface area contributed by atoms with Crippen molar-refractivity contribution in [3.05, 3.63) is 0 Å². The molecule has 0 radical (unpaired) electrons. The van der Waals surface area contributed by atoms with Gasteiger partial charge in [0.05, 0.1) is 6.61 Å². The summed E-state index contributed by atoms with van der Waals surface area (Å²) in [5.41, 5.74) is 5.58. The van der Waals surface area contributed by atoms with Gasteiger partial charge in [-0.2, -0.15) is 0 Å². The highest BCUT2D eigenvalue weighted by Gasteiger charge is 2.15. The lowest BCUT2D eigenvalue weighted by atomic mass is 10.0. The molecule has 0 aliphatic carbocycles. The van der Waals surface area contributed by atoms with Crippen LogP contribution >= 0.6 is 0 Å². The molecule has 2 atom stereocenters. The van der Waals surface area contributed by atoms with Crippen molar-refractivity contribution in [1.82, 2.24) is 5.32 Å². The number of ether oxygens (including phenoxy) is 1. The van der Waals surface area contributed by atoms with Gasteiger partial charge in [-0.3, -0.25) is 4.79 Å². The summed E-state index contributed by atoms with van der Waals surface area (Å²) in [6, 6.07) is -0.105. The maximum atomic E-state index is 11.3. The van der Waals surface area contributed by atoms with Crippen molar-refractivity contribution >= 4 is 5.91 Å². The minimum absolute atomic E-state index is 0.00490. The van der Waals surface area contributed by atoms with Crippen LogP contribution in [0.5, 0.6) is 0 Å². The quantitative estimate of drug-likeness (QED) is 0.582. The SMILES string of the molecule is CCOCCNC(=O)C(C)C(C)N. The van der Waals surface area contributed by atoms with Crippen LogP contribution in [-0.4, -0.2) is 31.7 Å². The smallest absolute Gasteiger partial charge is 0.224 e. The highest BCUT2D eigenvalue weighted by molar-refractivity contribution is 5.78. The molecule has 0 aliphatic rings. The van der Waals surface area contributed by atoms with Gasteiger partial charge < -0.3 is 15.8 Å². The van der Waals surface area contributed by atoms with E-state index in [0.29, 0.717) is 19.8 Å². The normalized spacial score (nSPS) is 15.1. The van der Waals surface area contributed by atoms with Crippen LogP contribution in [0.4, 0.5) is 0 Å². The number of carbonyl (C=O) groups is 1. The van der Waals surface area contributed by atoms with Crippen LogP contribution in [-0.2, 0) is 9.53 Å². The predicted octanol–water partition coefficient (Wildman–Crippen LogP) is 0.122. The van der Waals surface area contributed by atoms with Crippen LogP contribution < -0.4 is 11.1 Å². The van der Waals surface area contributed by atoms with Gasteiger partial charge in [0.25, 0.3) is 0 Å². The van der Waals surface area contributed by atoms with Gasteiger partial charge in [-0.15, -0.1) is 0 Å². The third kappa shape index (κ3) is 5.60. The third-order valence-corrected chi connectivity index (χ3v) is 1.95. The molecule has 0 aromatic heterocycles. The molecule has 0 aromatic rings. The lowest BCUT2D eigenvalue weighted by Crippen LogP contribution is -2.39. The zero-order valence-corrected chi connectivity index (χ0v) is 8.67. The van der Waals surface area contributed by atoms with E-state index in [4.69, 9.17) is 10.5 Å². The van der Waals surface area contributed by atoms with Gasteiger partial charge in [0.15, 0.2) is 0 Å². The molecule has 0 saturated heterocycles. The van der Waals surface area contributed by atoms with Gasteiger partial charge in [-0.05, 0) is 13.8 Å². The molecule has 0 rings (SSSR count). The van der Waals surface area contributed by atoms with Gasteiger partial charge in [0, 0.05) is 25.1 Å². The van der Waals surface area contributed by atoms with Crippen LogP contribution in [0.3, 0.4) is 0 Å². The first-order chi connectivity index (χ1) is 6.09. The maximum Gasteiger partial charge on any atom is 0.224 e. The van der Waals surface area contributed by atoms with E-state index in [0.717, 1.165) is 0 Å². The first kappa shape index (κ1) is 12.4. The van der Waals surface area contributed by atoms with Crippen molar-refractivity contribution in [1.29, 1.82) is 0 Å². The molecule has 13 heavy (non-hydrogen) atoms. The number of rotatable bonds is 6. The second-order valence-electron chi connectivity index (χ2n) is 3.14. The van der Waals surface area contributed by atoms with Crippen molar-refractivity contribution < 1.29 is 9.53 Å². The molecule has 0 heterocycles. The summed E-state index contributed by atoms with van der Waals surface area (Å²) in [7, 11) is 0. The molecule has 0 aliphatic heterocycles. The second kappa shape index (κ2) is 6.86. The van der Waals surface area contributed by atoms with Crippen molar-refractivity contribution in [2.45, 2.75) is 26.8 Å². The zero-order valence-electron chi connectivity index (χ0n) is 8.67. The van der Waals surface area contributed by atoms with E-state index in [9.17, 15) is 4.79 Å². The van der Waals surface area contributed by atoms with E-state index >= 15 is 0 Å². The molecule has 0 bridgehead atoms. The third-order valence-electron chi connectivity index (χ3n) is 1.95. The van der Waals surface area contributed by atoms with Crippen LogP contribution in [0.1, 0.15) is 20.8 Å². The van der Waals surface area contributed by atoms with Gasteiger partial charge in [-0.25, -0.2) is 0 Å². The van der Waals surface area contributed by atoms with E-state index in [-0.39, 0.29) is 17.9 Å². The average Bonchev–Trinajstić information content (AvgIpc) is 2.10. The number of amides is 1. The van der Waals surface area contributed by atoms with Crippen molar-refractivity contribution in [2.24, 2.45) is 11.7 Å². The Labute approximate surface area is 79.8 Å². The molecule has 3 N–H and O–H groups in total. The average molecular weight is 188 g/mol. The fraction of sp³-hybridized carbons (Fsp3) is 0.889. The standard InChI is InChI=1S/C9H20N2O2/c1-4-13-6-5-11-9(12)7(2)8(3)10/h7-8H,4-6,10H2,1-3H3,(H,11,12). The molecule has 4 heteroatoms. The van der Waals surface area contributed by atoms with Crippen LogP contribution in [0, 0.1) is 5.92 Å². The molecule has 4 nitrogen and oxygen atoms in total. The van der Waals surface area contributed by atoms with E-state index < -0.39 is 0 Å².